The molecule has 8 heteroatoms. The standard InChI is InChI=1S/C10H17N3O3S2/c1-5(2)6(3)8(14)13-10-12-7(4)9(17-10)18(11,15)16/h5-6H,1-4H3,(H2,11,15,16)(H,12,13,14). The Morgan fingerprint density at radius 1 is 1.39 bits per heavy atom. The smallest absolute Gasteiger partial charge is 0.249 e. The van der Waals surface area contributed by atoms with Crippen LogP contribution < -0.4 is 10.5 Å². The lowest BCUT2D eigenvalue weighted by atomic mass is 9.97. The molecule has 18 heavy (non-hydrogen) atoms. The van der Waals surface area contributed by atoms with E-state index in [1.807, 2.05) is 13.8 Å². The minimum Gasteiger partial charge on any atom is -0.302 e. The zero-order chi connectivity index (χ0) is 14.1. The number of nitrogens with zero attached hydrogens (tertiary/aromatic N) is 1. The Hall–Kier alpha value is -0.990. The van der Waals surface area contributed by atoms with Crippen molar-refractivity contribution in [1.29, 1.82) is 0 Å². The van der Waals surface area contributed by atoms with Crippen LogP contribution in [0.4, 0.5) is 5.13 Å². The van der Waals surface area contributed by atoms with E-state index in [0.29, 0.717) is 5.69 Å². The summed E-state index contributed by atoms with van der Waals surface area (Å²) in [5.74, 6) is -0.157. The van der Waals surface area contributed by atoms with Crippen LogP contribution in [0.5, 0.6) is 0 Å². The van der Waals surface area contributed by atoms with Gasteiger partial charge in [-0.3, -0.25) is 4.79 Å². The summed E-state index contributed by atoms with van der Waals surface area (Å²) >= 11 is 0.868. The van der Waals surface area contributed by atoms with E-state index in [1.54, 1.807) is 6.92 Å². The van der Waals surface area contributed by atoms with Crippen LogP contribution in [0.1, 0.15) is 26.5 Å². The summed E-state index contributed by atoms with van der Waals surface area (Å²) in [5, 5.41) is 7.90. The van der Waals surface area contributed by atoms with Gasteiger partial charge in [-0.1, -0.05) is 32.1 Å². The number of carbonyl (C=O) groups excluding carboxylic acids is 1. The Morgan fingerprint density at radius 3 is 2.33 bits per heavy atom. The maximum Gasteiger partial charge on any atom is 0.249 e. The summed E-state index contributed by atoms with van der Waals surface area (Å²) in [7, 11) is -3.78. The Kier molecular flexibility index (Phi) is 4.46. The fourth-order valence-electron chi connectivity index (χ4n) is 1.22. The number of rotatable bonds is 4. The largest absolute Gasteiger partial charge is 0.302 e. The molecule has 1 aromatic rings. The molecule has 1 aromatic heterocycles. The lowest BCUT2D eigenvalue weighted by Crippen LogP contribution is -2.24. The molecule has 0 saturated carbocycles. The summed E-state index contributed by atoms with van der Waals surface area (Å²) in [6, 6.07) is 0. The van der Waals surface area contributed by atoms with Crippen LogP contribution >= 0.6 is 11.3 Å². The molecule has 1 unspecified atom stereocenters. The topological polar surface area (TPSA) is 102 Å². The van der Waals surface area contributed by atoms with Gasteiger partial charge in [0.2, 0.25) is 15.9 Å². The first-order valence-corrected chi connectivity index (χ1v) is 7.80. The maximum atomic E-state index is 11.8. The highest BCUT2D eigenvalue weighted by atomic mass is 32.2. The SMILES string of the molecule is Cc1nc(NC(=O)C(C)C(C)C)sc1S(N)(=O)=O. The van der Waals surface area contributed by atoms with Crippen LogP contribution in [0.25, 0.3) is 0 Å². The summed E-state index contributed by atoms with van der Waals surface area (Å²) in [6.07, 6.45) is 0. The highest BCUT2D eigenvalue weighted by molar-refractivity contribution is 7.91. The van der Waals surface area contributed by atoms with Crippen LogP contribution in [-0.2, 0) is 14.8 Å². The molecular weight excluding hydrogens is 274 g/mol. The van der Waals surface area contributed by atoms with Gasteiger partial charge in [-0.25, -0.2) is 18.5 Å². The molecule has 0 fully saturated rings. The number of carbonyl (C=O) groups is 1. The van der Waals surface area contributed by atoms with Crippen LogP contribution in [0.2, 0.25) is 0 Å². The van der Waals surface area contributed by atoms with Gasteiger partial charge in [0.15, 0.2) is 9.34 Å². The predicted octanol–water partition coefficient (Wildman–Crippen LogP) is 1.33. The van der Waals surface area contributed by atoms with E-state index in [0.717, 1.165) is 11.3 Å². The second-order valence-electron chi connectivity index (χ2n) is 4.46. The van der Waals surface area contributed by atoms with Gasteiger partial charge in [0, 0.05) is 5.92 Å². The van der Waals surface area contributed by atoms with Crippen molar-refractivity contribution >= 4 is 32.4 Å². The highest BCUT2D eigenvalue weighted by Gasteiger charge is 2.21. The normalized spacial score (nSPS) is 13.7. The van der Waals surface area contributed by atoms with Crippen molar-refractivity contribution in [3.63, 3.8) is 0 Å². The molecule has 0 aromatic carbocycles. The third kappa shape index (κ3) is 3.50. The molecule has 1 amide bonds. The van der Waals surface area contributed by atoms with Gasteiger partial charge >= 0.3 is 0 Å². The minimum absolute atomic E-state index is 0.0185. The Morgan fingerprint density at radius 2 is 1.94 bits per heavy atom. The Balaban J connectivity index is 2.92. The molecule has 6 nitrogen and oxygen atoms in total. The Bertz CT molecular complexity index is 549. The molecule has 0 spiro atoms. The number of hydrogen-bond donors (Lipinski definition) is 2. The van der Waals surface area contributed by atoms with Gasteiger partial charge in [-0.15, -0.1) is 0 Å². The number of nitrogens with one attached hydrogen (secondary N) is 1. The van der Waals surface area contributed by atoms with Gasteiger partial charge < -0.3 is 5.32 Å². The van der Waals surface area contributed by atoms with E-state index in [9.17, 15) is 13.2 Å². The molecule has 0 aliphatic carbocycles. The number of aromatic nitrogens is 1. The number of nitrogens with two attached hydrogens (primary N) is 1. The minimum atomic E-state index is -3.78. The fraction of sp³-hybridized carbons (Fsp3) is 0.600. The summed E-state index contributed by atoms with van der Waals surface area (Å²) in [4.78, 5) is 15.8. The monoisotopic (exact) mass is 291 g/mol. The molecule has 0 radical (unpaired) electrons. The van der Waals surface area contributed by atoms with E-state index in [4.69, 9.17) is 5.14 Å². The molecule has 1 atom stereocenters. The van der Waals surface area contributed by atoms with Gasteiger partial charge in [-0.2, -0.15) is 0 Å². The number of aryl methyl sites for hydroxylation is 1. The van der Waals surface area contributed by atoms with Crippen LogP contribution in [-0.4, -0.2) is 19.3 Å². The second-order valence-corrected chi connectivity index (χ2v) is 7.21. The summed E-state index contributed by atoms with van der Waals surface area (Å²) in [5.41, 5.74) is 0.301. The quantitative estimate of drug-likeness (QED) is 0.873. The van der Waals surface area contributed by atoms with Crippen LogP contribution in [0, 0.1) is 18.8 Å². The second kappa shape index (κ2) is 5.33. The number of sulfonamides is 1. The van der Waals surface area contributed by atoms with Gasteiger partial charge in [0.05, 0.1) is 5.69 Å². The average Bonchev–Trinajstić information content (AvgIpc) is 2.57. The van der Waals surface area contributed by atoms with Gasteiger partial charge in [0.25, 0.3) is 0 Å². The molecule has 3 N–H and O–H groups in total. The van der Waals surface area contributed by atoms with Crippen LogP contribution in [0.15, 0.2) is 4.21 Å². The zero-order valence-corrected chi connectivity index (χ0v) is 12.4. The molecule has 0 aliphatic rings. The average molecular weight is 291 g/mol. The first-order chi connectivity index (χ1) is 8.12. The molecule has 0 saturated heterocycles. The van der Waals surface area contributed by atoms with E-state index >= 15 is 0 Å². The molecule has 0 aliphatic heterocycles. The molecule has 102 valence electrons. The van der Waals surface area contributed by atoms with Gasteiger partial charge in [-0.05, 0) is 12.8 Å². The van der Waals surface area contributed by atoms with Crippen molar-refractivity contribution in [2.45, 2.75) is 31.9 Å². The van der Waals surface area contributed by atoms with Crippen molar-refractivity contribution in [2.75, 3.05) is 5.32 Å². The molecule has 1 rings (SSSR count). The first kappa shape index (κ1) is 15.1. The molecule has 0 bridgehead atoms. The lowest BCUT2D eigenvalue weighted by Gasteiger charge is -2.13. The molecule has 1 heterocycles. The maximum absolute atomic E-state index is 11.8. The number of primary sulfonamides is 1. The third-order valence-electron chi connectivity index (χ3n) is 2.66. The summed E-state index contributed by atoms with van der Waals surface area (Å²) < 4.78 is 22.4. The molecular formula is C10H17N3O3S2. The Labute approximate surface area is 111 Å². The van der Waals surface area contributed by atoms with E-state index in [1.165, 1.54) is 6.92 Å². The van der Waals surface area contributed by atoms with E-state index in [-0.39, 0.29) is 27.1 Å². The van der Waals surface area contributed by atoms with Crippen molar-refractivity contribution in [2.24, 2.45) is 17.0 Å². The number of amides is 1. The number of anilines is 1. The van der Waals surface area contributed by atoms with E-state index in [2.05, 4.69) is 10.3 Å². The van der Waals surface area contributed by atoms with Crippen molar-refractivity contribution in [3.8, 4) is 0 Å². The fourth-order valence-corrected chi connectivity index (χ4v) is 3.08. The van der Waals surface area contributed by atoms with Crippen molar-refractivity contribution < 1.29 is 13.2 Å². The third-order valence-corrected chi connectivity index (χ3v) is 5.28. The predicted molar refractivity (Wildman–Crippen MR) is 70.9 cm³/mol. The lowest BCUT2D eigenvalue weighted by molar-refractivity contribution is -0.120. The zero-order valence-electron chi connectivity index (χ0n) is 10.7. The van der Waals surface area contributed by atoms with E-state index < -0.39 is 10.0 Å². The highest BCUT2D eigenvalue weighted by Crippen LogP contribution is 2.26. The van der Waals surface area contributed by atoms with Crippen molar-refractivity contribution in [3.05, 3.63) is 5.69 Å². The van der Waals surface area contributed by atoms with Crippen LogP contribution in [0.3, 0.4) is 0 Å². The summed E-state index contributed by atoms with van der Waals surface area (Å²) in [6.45, 7) is 7.22. The van der Waals surface area contributed by atoms with Crippen molar-refractivity contribution in [1.82, 2.24) is 4.98 Å². The number of thiazole rings is 1. The first-order valence-electron chi connectivity index (χ1n) is 5.44. The number of hydrogen-bond acceptors (Lipinski definition) is 5. The van der Waals surface area contributed by atoms with Gasteiger partial charge in [0.1, 0.15) is 0 Å².